The smallest absolute Gasteiger partial charge is 0.305 e. The van der Waals surface area contributed by atoms with Crippen molar-refractivity contribution in [1.82, 2.24) is 5.32 Å². The Kier molecular flexibility index (Phi) is 61.4. The van der Waals surface area contributed by atoms with Crippen LogP contribution in [0.1, 0.15) is 367 Å². The molecule has 0 aromatic rings. The maximum atomic E-state index is 12.5. The Balaban J connectivity index is 3.34. The van der Waals surface area contributed by atoms with Gasteiger partial charge in [0.05, 0.1) is 25.4 Å². The third-order valence-electron chi connectivity index (χ3n) is 15.5. The van der Waals surface area contributed by atoms with Gasteiger partial charge in [0.15, 0.2) is 0 Å². The maximum absolute atomic E-state index is 12.5. The highest BCUT2D eigenvalue weighted by atomic mass is 16.5. The lowest BCUT2D eigenvalue weighted by Gasteiger charge is -2.20. The predicted molar refractivity (Wildman–Crippen MR) is 320 cm³/mol. The van der Waals surface area contributed by atoms with E-state index < -0.39 is 12.1 Å². The van der Waals surface area contributed by atoms with Gasteiger partial charge in [-0.1, -0.05) is 321 Å². The quantitative estimate of drug-likeness (QED) is 0.0320. The average molecular weight is 1030 g/mol. The summed E-state index contributed by atoms with van der Waals surface area (Å²) >= 11 is 0. The van der Waals surface area contributed by atoms with E-state index in [1.807, 2.05) is 6.08 Å². The van der Waals surface area contributed by atoms with Crippen LogP contribution in [-0.4, -0.2) is 47.4 Å². The molecule has 73 heavy (non-hydrogen) atoms. The number of carbonyl (C=O) groups excluding carboxylic acids is 2. The first-order chi connectivity index (χ1) is 36.0. The number of aliphatic hydroxyl groups is 2. The normalized spacial score (nSPS) is 12.7. The topological polar surface area (TPSA) is 95.9 Å². The number of amides is 1. The van der Waals surface area contributed by atoms with Gasteiger partial charge in [-0.3, -0.25) is 9.59 Å². The average Bonchev–Trinajstić information content (AvgIpc) is 3.39. The van der Waals surface area contributed by atoms with E-state index in [9.17, 15) is 19.8 Å². The Hall–Kier alpha value is -1.66. The monoisotopic (exact) mass is 1030 g/mol. The predicted octanol–water partition coefficient (Wildman–Crippen LogP) is 21.0. The van der Waals surface area contributed by atoms with Gasteiger partial charge in [-0.25, -0.2) is 0 Å². The highest BCUT2D eigenvalue weighted by molar-refractivity contribution is 5.76. The number of unbranched alkanes of at least 4 members (excludes halogenated alkanes) is 49. The van der Waals surface area contributed by atoms with Crippen LogP contribution in [-0.2, 0) is 14.3 Å². The molecule has 0 spiro atoms. The van der Waals surface area contributed by atoms with Gasteiger partial charge in [0.25, 0.3) is 0 Å². The van der Waals surface area contributed by atoms with Crippen molar-refractivity contribution in [2.24, 2.45) is 0 Å². The second-order valence-electron chi connectivity index (χ2n) is 22.8. The molecule has 0 aromatic carbocycles. The van der Waals surface area contributed by atoms with Crippen molar-refractivity contribution < 1.29 is 24.5 Å². The molecule has 3 N–H and O–H groups in total. The number of allylic oxidation sites excluding steroid dienone is 3. The van der Waals surface area contributed by atoms with Crippen molar-refractivity contribution in [3.8, 4) is 0 Å². The van der Waals surface area contributed by atoms with Crippen molar-refractivity contribution in [1.29, 1.82) is 0 Å². The minimum absolute atomic E-state index is 0.0102. The highest BCUT2D eigenvalue weighted by Crippen LogP contribution is 2.18. The van der Waals surface area contributed by atoms with Crippen LogP contribution in [0.2, 0.25) is 0 Å². The molecule has 1 amide bonds. The van der Waals surface area contributed by atoms with Gasteiger partial charge in [-0.05, 0) is 57.8 Å². The number of hydrogen-bond donors (Lipinski definition) is 3. The molecule has 0 aliphatic carbocycles. The van der Waals surface area contributed by atoms with Crippen LogP contribution in [0.25, 0.3) is 0 Å². The minimum atomic E-state index is -0.841. The summed E-state index contributed by atoms with van der Waals surface area (Å²) in [6, 6.07) is -0.624. The lowest BCUT2D eigenvalue weighted by atomic mass is 10.0. The first kappa shape index (κ1) is 71.3. The Morgan fingerprint density at radius 2 is 0.644 bits per heavy atom. The van der Waals surface area contributed by atoms with Gasteiger partial charge in [-0.15, -0.1) is 0 Å². The summed E-state index contributed by atoms with van der Waals surface area (Å²) in [7, 11) is 0. The van der Waals surface area contributed by atoms with Crippen molar-refractivity contribution in [3.05, 3.63) is 24.3 Å². The number of carbonyl (C=O) groups is 2. The third-order valence-corrected chi connectivity index (χ3v) is 15.5. The molecule has 432 valence electrons. The Bertz CT molecular complexity index is 1140. The van der Waals surface area contributed by atoms with Crippen molar-refractivity contribution in [2.75, 3.05) is 13.2 Å². The molecule has 0 aromatic heterocycles. The summed E-state index contributed by atoms with van der Waals surface area (Å²) in [5, 5.41) is 23.1. The molecule has 2 unspecified atom stereocenters. The molecule has 0 bridgehead atoms. The number of esters is 1. The summed E-state index contributed by atoms with van der Waals surface area (Å²) in [6.07, 6.45) is 78.2. The summed E-state index contributed by atoms with van der Waals surface area (Å²) in [6.45, 7) is 4.91. The molecule has 0 fully saturated rings. The molecule has 0 heterocycles. The first-order valence-electron chi connectivity index (χ1n) is 33.1. The molecule has 0 saturated carbocycles. The fourth-order valence-electron chi connectivity index (χ4n) is 10.4. The number of ether oxygens (including phenoxy) is 1. The molecule has 0 radical (unpaired) electrons. The summed E-state index contributed by atoms with van der Waals surface area (Å²) < 4.78 is 5.48. The molecular formula is C67H129NO5. The van der Waals surface area contributed by atoms with E-state index in [-0.39, 0.29) is 18.5 Å². The number of nitrogens with one attached hydrogen (secondary N) is 1. The van der Waals surface area contributed by atoms with Crippen LogP contribution in [0.3, 0.4) is 0 Å². The van der Waals surface area contributed by atoms with Crippen molar-refractivity contribution in [2.45, 2.75) is 379 Å². The highest BCUT2D eigenvalue weighted by Gasteiger charge is 2.18. The zero-order chi connectivity index (χ0) is 52.9. The first-order valence-corrected chi connectivity index (χ1v) is 33.1. The van der Waals surface area contributed by atoms with Gasteiger partial charge in [-0.2, -0.15) is 0 Å². The van der Waals surface area contributed by atoms with Gasteiger partial charge < -0.3 is 20.3 Å². The largest absolute Gasteiger partial charge is 0.466 e. The van der Waals surface area contributed by atoms with E-state index >= 15 is 0 Å². The van der Waals surface area contributed by atoms with Gasteiger partial charge in [0.2, 0.25) is 5.91 Å². The van der Waals surface area contributed by atoms with Crippen LogP contribution in [0.4, 0.5) is 0 Å². The van der Waals surface area contributed by atoms with E-state index in [0.717, 1.165) is 44.9 Å². The number of aliphatic hydroxyl groups excluding tert-OH is 2. The Morgan fingerprint density at radius 1 is 0.370 bits per heavy atom. The van der Waals surface area contributed by atoms with Gasteiger partial charge >= 0.3 is 5.97 Å². The molecule has 6 heteroatoms. The van der Waals surface area contributed by atoms with E-state index in [1.165, 1.54) is 295 Å². The van der Waals surface area contributed by atoms with Crippen LogP contribution in [0, 0.1) is 0 Å². The molecule has 6 nitrogen and oxygen atoms in total. The van der Waals surface area contributed by atoms with Crippen molar-refractivity contribution >= 4 is 11.9 Å². The minimum Gasteiger partial charge on any atom is -0.466 e. The van der Waals surface area contributed by atoms with Gasteiger partial charge in [0.1, 0.15) is 0 Å². The second kappa shape index (κ2) is 62.9. The van der Waals surface area contributed by atoms with Gasteiger partial charge in [0, 0.05) is 12.8 Å². The standard InChI is InChI=1S/C67H129NO5/c1-3-5-7-9-11-13-15-17-36-39-43-47-51-55-59-65(70)64(63-69)68-66(71)60-56-52-48-44-40-37-33-31-29-27-25-23-21-19-18-20-22-24-26-28-30-32-34-38-42-46-50-54-58-62-73-67(72)61-57-53-49-45-41-35-16-14-12-10-8-6-4-2/h14,16,55,59,64-65,69-70H,3-13,15,17-54,56-58,60-63H2,1-2H3,(H,68,71)/b16-14-,59-55+. The van der Waals surface area contributed by atoms with E-state index in [0.29, 0.717) is 19.4 Å². The summed E-state index contributed by atoms with van der Waals surface area (Å²) in [4.78, 5) is 24.5. The van der Waals surface area contributed by atoms with Crippen LogP contribution >= 0.6 is 0 Å². The molecule has 0 rings (SSSR count). The lowest BCUT2D eigenvalue weighted by Crippen LogP contribution is -2.45. The zero-order valence-corrected chi connectivity index (χ0v) is 49.4. The zero-order valence-electron chi connectivity index (χ0n) is 49.4. The number of rotatable bonds is 62. The summed E-state index contributed by atoms with van der Waals surface area (Å²) in [5.74, 6) is -0.0526. The molecule has 0 aliphatic rings. The van der Waals surface area contributed by atoms with E-state index in [4.69, 9.17) is 4.74 Å². The Morgan fingerprint density at radius 3 is 0.986 bits per heavy atom. The van der Waals surface area contributed by atoms with Crippen LogP contribution in [0.5, 0.6) is 0 Å². The maximum Gasteiger partial charge on any atom is 0.305 e. The Labute approximate surface area is 456 Å². The SMILES string of the molecule is CCCCCC/C=C\CCCCCCCC(=O)OCCCCCCCCCCCCCCCCCCCCCCCCCCCCCCCC(=O)NC(CO)C(O)/C=C/CCCCCCCCCCCCCC. The third kappa shape index (κ3) is 59.4. The fraction of sp³-hybridized carbons (Fsp3) is 0.910. The molecule has 0 saturated heterocycles. The number of hydrogen-bond acceptors (Lipinski definition) is 5. The van der Waals surface area contributed by atoms with Crippen LogP contribution in [0.15, 0.2) is 24.3 Å². The fourth-order valence-corrected chi connectivity index (χ4v) is 10.4. The van der Waals surface area contributed by atoms with Crippen LogP contribution < -0.4 is 5.32 Å². The lowest BCUT2D eigenvalue weighted by molar-refractivity contribution is -0.143. The molecule has 0 aliphatic heterocycles. The molecular weight excluding hydrogens is 899 g/mol. The second-order valence-corrected chi connectivity index (χ2v) is 22.8. The van der Waals surface area contributed by atoms with Crippen molar-refractivity contribution in [3.63, 3.8) is 0 Å². The van der Waals surface area contributed by atoms with E-state index in [1.54, 1.807) is 6.08 Å². The summed E-state index contributed by atoms with van der Waals surface area (Å²) in [5.41, 5.74) is 0. The van der Waals surface area contributed by atoms with E-state index in [2.05, 4.69) is 31.3 Å². The molecule has 2 atom stereocenters.